The molecule has 1 aliphatic heterocycles. The first-order valence-electron chi connectivity index (χ1n) is 36.1. The van der Waals surface area contributed by atoms with E-state index in [2.05, 4.69) is 67.8 Å². The number of amides is 1. The Hall–Kier alpha value is -2.64. The van der Waals surface area contributed by atoms with Crippen LogP contribution in [0, 0.1) is 0 Å². The van der Waals surface area contributed by atoms with E-state index in [0.29, 0.717) is 19.4 Å². The van der Waals surface area contributed by atoms with Crippen LogP contribution < -0.4 is 5.32 Å². The first-order valence-corrected chi connectivity index (χ1v) is 36.1. The fraction of sp³-hybridized carbons (Fsp3) is 0.838. The highest BCUT2D eigenvalue weighted by atomic mass is 16.7. The zero-order valence-corrected chi connectivity index (χ0v) is 55.1. The van der Waals surface area contributed by atoms with Gasteiger partial charge >= 0.3 is 5.97 Å². The highest BCUT2D eigenvalue weighted by molar-refractivity contribution is 5.76. The normalized spacial score (nSPS) is 18.3. The molecule has 0 aromatic carbocycles. The van der Waals surface area contributed by atoms with Crippen molar-refractivity contribution in [1.82, 2.24) is 5.32 Å². The number of hydrogen-bond acceptors (Lipinski definition) is 10. The lowest BCUT2D eigenvalue weighted by atomic mass is 9.99. The first kappa shape index (κ1) is 80.4. The van der Waals surface area contributed by atoms with Crippen LogP contribution >= 0.6 is 0 Å². The second kappa shape index (κ2) is 62.9. The van der Waals surface area contributed by atoms with E-state index < -0.39 is 49.5 Å². The van der Waals surface area contributed by atoms with E-state index in [1.165, 1.54) is 244 Å². The van der Waals surface area contributed by atoms with Crippen molar-refractivity contribution in [2.45, 2.75) is 378 Å². The SMILES string of the molecule is CCCCCC/C=C/CC/C=C/C(O)C(COC1OC(CO)C(O)C(O)C1O)NC(=O)CCCCCCCCCCCCCCCCCCC/C=C\C/C=C\CCCCCCCCCCCOC(=O)CCCCCCC/C=C\CCCCCCC. The Balaban J connectivity index is 1.93. The topological polar surface area (TPSA) is 175 Å². The van der Waals surface area contributed by atoms with Crippen molar-refractivity contribution in [2.75, 3.05) is 19.8 Å². The number of hydrogen-bond donors (Lipinski definition) is 6. The Kier molecular flexibility index (Phi) is 59.5. The maximum Gasteiger partial charge on any atom is 0.305 e. The highest BCUT2D eigenvalue weighted by Crippen LogP contribution is 2.23. The standard InChI is InChI=1S/C74H135NO10/c1-3-5-7-9-11-13-15-16-39-42-46-50-54-58-62-70(79)83-63-59-55-51-47-43-40-37-35-33-31-29-27-25-23-21-19-17-18-20-22-24-26-28-30-32-34-36-38-41-45-49-53-57-61-69(78)75-66(65-84-74-73(82)72(81)71(80)68(64-76)85-74)67(77)60-56-52-48-44-14-12-10-8-6-4-2/h14-16,21,23,27,29,44,56,60,66-68,71-74,76-77,80-82H,3-13,17-20,22,24-26,28,30-43,45-55,57-59,61-65H2,1-2H3,(H,75,78)/b16-15-,23-21-,29-27-,44-14+,60-56+. The maximum atomic E-state index is 13.0. The van der Waals surface area contributed by atoms with Crippen LogP contribution in [0.1, 0.15) is 335 Å². The Bertz CT molecular complexity index is 1600. The number of aliphatic hydroxyl groups excluding tert-OH is 5. The molecule has 0 saturated carbocycles. The number of ether oxygens (including phenoxy) is 3. The van der Waals surface area contributed by atoms with Crippen LogP contribution in [-0.2, 0) is 23.8 Å². The number of rotatable bonds is 63. The molecule has 85 heavy (non-hydrogen) atoms. The van der Waals surface area contributed by atoms with Crippen LogP contribution in [0.5, 0.6) is 0 Å². The van der Waals surface area contributed by atoms with E-state index in [1.807, 2.05) is 6.08 Å². The summed E-state index contributed by atoms with van der Waals surface area (Å²) in [6, 6.07) is -0.826. The van der Waals surface area contributed by atoms with Crippen molar-refractivity contribution < 1.29 is 49.3 Å². The second-order valence-electron chi connectivity index (χ2n) is 24.9. The third kappa shape index (κ3) is 51.9. The van der Waals surface area contributed by atoms with E-state index in [1.54, 1.807) is 6.08 Å². The lowest BCUT2D eigenvalue weighted by Crippen LogP contribution is -2.60. The molecule has 0 spiro atoms. The van der Waals surface area contributed by atoms with Crippen LogP contribution in [-0.4, -0.2) is 100 Å². The monoisotopic (exact) mass is 1200 g/mol. The summed E-state index contributed by atoms with van der Waals surface area (Å²) in [5.41, 5.74) is 0. The molecule has 1 heterocycles. The number of carbonyl (C=O) groups excluding carboxylic acids is 2. The van der Waals surface area contributed by atoms with Gasteiger partial charge in [-0.25, -0.2) is 0 Å². The molecule has 7 atom stereocenters. The lowest BCUT2D eigenvalue weighted by molar-refractivity contribution is -0.302. The number of aliphatic hydroxyl groups is 5. The van der Waals surface area contributed by atoms with E-state index in [-0.39, 0.29) is 18.5 Å². The fourth-order valence-corrected chi connectivity index (χ4v) is 11.1. The summed E-state index contributed by atoms with van der Waals surface area (Å²) in [5, 5.41) is 54.3. The summed E-state index contributed by atoms with van der Waals surface area (Å²) < 4.78 is 16.7. The minimum Gasteiger partial charge on any atom is -0.466 e. The third-order valence-electron chi connectivity index (χ3n) is 16.8. The van der Waals surface area contributed by atoms with Crippen molar-refractivity contribution >= 4 is 11.9 Å². The van der Waals surface area contributed by atoms with Gasteiger partial charge in [-0.05, 0) is 103 Å². The van der Waals surface area contributed by atoms with Gasteiger partial charge in [-0.3, -0.25) is 9.59 Å². The van der Waals surface area contributed by atoms with E-state index in [4.69, 9.17) is 14.2 Å². The Morgan fingerprint density at radius 2 is 0.800 bits per heavy atom. The van der Waals surface area contributed by atoms with E-state index >= 15 is 0 Å². The minimum absolute atomic E-state index is 0.00208. The Morgan fingerprint density at radius 3 is 1.25 bits per heavy atom. The average molecular weight is 1200 g/mol. The van der Waals surface area contributed by atoms with Gasteiger partial charge in [-0.15, -0.1) is 0 Å². The summed E-state index contributed by atoms with van der Waals surface area (Å²) in [6.07, 6.45) is 73.8. The molecule has 11 nitrogen and oxygen atoms in total. The van der Waals surface area contributed by atoms with Crippen LogP contribution in [0.2, 0.25) is 0 Å². The molecule has 0 aromatic heterocycles. The van der Waals surface area contributed by atoms with Crippen LogP contribution in [0.3, 0.4) is 0 Å². The molecular formula is C74H135NO10. The summed E-state index contributed by atoms with van der Waals surface area (Å²) in [6.45, 7) is 4.30. The summed E-state index contributed by atoms with van der Waals surface area (Å²) in [4.78, 5) is 25.1. The number of carbonyl (C=O) groups is 2. The molecule has 1 rings (SSSR count). The van der Waals surface area contributed by atoms with Gasteiger partial charge in [-0.1, -0.05) is 280 Å². The average Bonchev–Trinajstić information content (AvgIpc) is 3.39. The molecule has 6 N–H and O–H groups in total. The van der Waals surface area contributed by atoms with E-state index in [0.717, 1.165) is 64.2 Å². The van der Waals surface area contributed by atoms with Crippen LogP contribution in [0.25, 0.3) is 0 Å². The Labute approximate surface area is 522 Å². The molecule has 0 aliphatic carbocycles. The van der Waals surface area contributed by atoms with Gasteiger partial charge < -0.3 is 45.1 Å². The van der Waals surface area contributed by atoms with Gasteiger partial charge in [0.05, 0.1) is 32.0 Å². The molecule has 1 amide bonds. The molecule has 7 unspecified atom stereocenters. The second-order valence-corrected chi connectivity index (χ2v) is 24.9. The van der Waals surface area contributed by atoms with Gasteiger partial charge in [0.1, 0.15) is 24.4 Å². The molecular weight excluding hydrogens is 1060 g/mol. The molecule has 1 fully saturated rings. The first-order chi connectivity index (χ1) is 41.7. The molecule has 0 aromatic rings. The van der Waals surface area contributed by atoms with Gasteiger partial charge in [0.15, 0.2) is 6.29 Å². The molecule has 1 saturated heterocycles. The Morgan fingerprint density at radius 1 is 0.435 bits per heavy atom. The molecule has 1 aliphatic rings. The quantitative estimate of drug-likeness (QED) is 0.0195. The highest BCUT2D eigenvalue weighted by Gasteiger charge is 2.44. The van der Waals surface area contributed by atoms with Crippen LogP contribution in [0.15, 0.2) is 60.8 Å². The summed E-state index contributed by atoms with van der Waals surface area (Å²) >= 11 is 0. The number of allylic oxidation sites excluding steroid dienone is 9. The van der Waals surface area contributed by atoms with Gasteiger partial charge in [0, 0.05) is 12.8 Å². The molecule has 0 bridgehead atoms. The number of nitrogens with one attached hydrogen (secondary N) is 1. The molecule has 0 radical (unpaired) electrons. The third-order valence-corrected chi connectivity index (χ3v) is 16.8. The lowest BCUT2D eigenvalue weighted by Gasteiger charge is -2.40. The number of unbranched alkanes of at least 4 members (excludes halogenated alkanes) is 41. The van der Waals surface area contributed by atoms with Gasteiger partial charge in [-0.2, -0.15) is 0 Å². The fourth-order valence-electron chi connectivity index (χ4n) is 11.1. The number of esters is 1. The largest absolute Gasteiger partial charge is 0.466 e. The summed E-state index contributed by atoms with van der Waals surface area (Å²) in [5.74, 6) is -0.193. The predicted molar refractivity (Wildman–Crippen MR) is 357 cm³/mol. The van der Waals surface area contributed by atoms with E-state index in [9.17, 15) is 35.1 Å². The van der Waals surface area contributed by atoms with Crippen molar-refractivity contribution in [1.29, 1.82) is 0 Å². The van der Waals surface area contributed by atoms with Gasteiger partial charge in [0.2, 0.25) is 5.91 Å². The molecule has 496 valence electrons. The minimum atomic E-state index is -1.58. The van der Waals surface area contributed by atoms with Crippen LogP contribution in [0.4, 0.5) is 0 Å². The van der Waals surface area contributed by atoms with Crippen molar-refractivity contribution in [2.24, 2.45) is 0 Å². The smallest absolute Gasteiger partial charge is 0.305 e. The van der Waals surface area contributed by atoms with Crippen molar-refractivity contribution in [3.8, 4) is 0 Å². The maximum absolute atomic E-state index is 13.0. The van der Waals surface area contributed by atoms with Gasteiger partial charge in [0.25, 0.3) is 0 Å². The molecule has 11 heteroatoms. The zero-order valence-electron chi connectivity index (χ0n) is 55.1. The predicted octanol–water partition coefficient (Wildman–Crippen LogP) is 18.5. The van der Waals surface area contributed by atoms with Crippen molar-refractivity contribution in [3.63, 3.8) is 0 Å². The van der Waals surface area contributed by atoms with Crippen molar-refractivity contribution in [3.05, 3.63) is 60.8 Å². The summed E-state index contributed by atoms with van der Waals surface area (Å²) in [7, 11) is 0. The zero-order chi connectivity index (χ0) is 61.6.